The maximum absolute atomic E-state index is 13.2. The zero-order valence-corrected chi connectivity index (χ0v) is 17.6. The van der Waals surface area contributed by atoms with Gasteiger partial charge in [0.2, 0.25) is 21.8 Å². The van der Waals surface area contributed by atoms with Crippen LogP contribution in [0.5, 0.6) is 0 Å². The summed E-state index contributed by atoms with van der Waals surface area (Å²) < 4.78 is 27.5. The van der Waals surface area contributed by atoms with Crippen molar-refractivity contribution >= 4 is 27.5 Å². The Kier molecular flexibility index (Phi) is 7.17. The molecule has 160 valence electrons. The number of nitrogens with zero attached hydrogens (tertiary/aromatic N) is 1. The molecule has 0 saturated heterocycles. The van der Waals surface area contributed by atoms with Crippen molar-refractivity contribution in [3.8, 4) is 0 Å². The second kappa shape index (κ2) is 10.0. The van der Waals surface area contributed by atoms with E-state index in [0.717, 1.165) is 15.4 Å². The molecule has 0 aliphatic heterocycles. The number of hydrogen-bond acceptors (Lipinski definition) is 4. The molecule has 0 heterocycles. The van der Waals surface area contributed by atoms with Gasteiger partial charge in [0, 0.05) is 12.2 Å². The summed E-state index contributed by atoms with van der Waals surface area (Å²) in [6.45, 7) is -0.293. The van der Waals surface area contributed by atoms with E-state index >= 15 is 0 Å². The molecule has 0 bridgehead atoms. The highest BCUT2D eigenvalue weighted by molar-refractivity contribution is 7.89. The fourth-order valence-corrected chi connectivity index (χ4v) is 4.43. The lowest BCUT2D eigenvalue weighted by Gasteiger charge is -2.22. The molecule has 0 atom stereocenters. The number of carbonyl (C=O) groups is 2. The second-order valence-electron chi connectivity index (χ2n) is 6.96. The molecule has 0 aromatic heterocycles. The normalized spacial score (nSPS) is 11.3. The predicted octanol–water partition coefficient (Wildman–Crippen LogP) is 2.54. The first kappa shape index (κ1) is 22.2. The first-order chi connectivity index (χ1) is 14.8. The number of hydrogen-bond donors (Lipinski definition) is 2. The first-order valence-electron chi connectivity index (χ1n) is 9.61. The minimum absolute atomic E-state index is 0.0586. The van der Waals surface area contributed by atoms with Crippen LogP contribution in [0.4, 0.5) is 5.69 Å². The van der Waals surface area contributed by atoms with Crippen molar-refractivity contribution in [1.29, 1.82) is 0 Å². The van der Waals surface area contributed by atoms with E-state index in [0.29, 0.717) is 5.69 Å². The molecule has 3 rings (SSSR count). The number of carbonyl (C=O) groups excluding carboxylic acids is 2. The summed E-state index contributed by atoms with van der Waals surface area (Å²) >= 11 is 0. The van der Waals surface area contributed by atoms with Gasteiger partial charge in [0.05, 0.1) is 17.9 Å². The number of primary amides is 1. The van der Waals surface area contributed by atoms with E-state index in [9.17, 15) is 18.0 Å². The Hall–Kier alpha value is -3.49. The Morgan fingerprint density at radius 3 is 1.97 bits per heavy atom. The molecule has 0 aliphatic rings. The van der Waals surface area contributed by atoms with Crippen molar-refractivity contribution in [3.63, 3.8) is 0 Å². The van der Waals surface area contributed by atoms with Gasteiger partial charge in [0.25, 0.3) is 0 Å². The van der Waals surface area contributed by atoms with Crippen molar-refractivity contribution in [2.75, 3.05) is 11.9 Å². The van der Waals surface area contributed by atoms with Crippen LogP contribution < -0.4 is 11.1 Å². The number of nitrogens with two attached hydrogens (primary N) is 1. The lowest BCUT2D eigenvalue weighted by atomic mass is 10.1. The van der Waals surface area contributed by atoms with E-state index in [4.69, 9.17) is 5.73 Å². The number of anilines is 1. The molecule has 0 radical (unpaired) electrons. The molecule has 0 unspecified atom stereocenters. The third-order valence-corrected chi connectivity index (χ3v) is 6.32. The zero-order valence-electron chi connectivity index (χ0n) is 16.8. The van der Waals surface area contributed by atoms with Crippen LogP contribution in [-0.2, 0) is 32.6 Å². The fourth-order valence-electron chi connectivity index (χ4n) is 3.02. The third-order valence-electron chi connectivity index (χ3n) is 4.52. The Morgan fingerprint density at radius 1 is 0.806 bits per heavy atom. The Bertz CT molecular complexity index is 1130. The van der Waals surface area contributed by atoms with Crippen LogP contribution in [0.2, 0.25) is 0 Å². The highest BCUT2D eigenvalue weighted by Gasteiger charge is 2.26. The predicted molar refractivity (Wildman–Crippen MR) is 118 cm³/mol. The number of nitrogens with one attached hydrogen (secondary N) is 1. The summed E-state index contributed by atoms with van der Waals surface area (Å²) in [6.07, 6.45) is 0.106. The molecule has 0 aliphatic carbocycles. The van der Waals surface area contributed by atoms with Gasteiger partial charge in [-0.3, -0.25) is 9.59 Å². The van der Waals surface area contributed by atoms with E-state index in [2.05, 4.69) is 5.32 Å². The first-order valence-corrected chi connectivity index (χ1v) is 11.0. The van der Waals surface area contributed by atoms with Gasteiger partial charge in [-0.05, 0) is 35.4 Å². The molecule has 0 spiro atoms. The molecule has 3 N–H and O–H groups in total. The van der Waals surface area contributed by atoms with Gasteiger partial charge in [-0.2, -0.15) is 4.31 Å². The molecule has 0 fully saturated rings. The average Bonchev–Trinajstić information content (AvgIpc) is 2.75. The minimum Gasteiger partial charge on any atom is -0.369 e. The summed E-state index contributed by atoms with van der Waals surface area (Å²) in [5.74, 6) is -0.919. The lowest BCUT2D eigenvalue weighted by molar-refractivity contribution is -0.117. The van der Waals surface area contributed by atoms with Crippen LogP contribution in [0.25, 0.3) is 0 Å². The number of amides is 2. The highest BCUT2D eigenvalue weighted by atomic mass is 32.2. The molecular weight excluding hydrogens is 414 g/mol. The Labute approximate surface area is 181 Å². The van der Waals surface area contributed by atoms with Gasteiger partial charge in [0.1, 0.15) is 0 Å². The smallest absolute Gasteiger partial charge is 0.243 e. The van der Waals surface area contributed by atoms with Crippen LogP contribution in [0.1, 0.15) is 11.1 Å². The maximum atomic E-state index is 13.2. The average molecular weight is 438 g/mol. The van der Waals surface area contributed by atoms with Crippen molar-refractivity contribution in [1.82, 2.24) is 4.31 Å². The van der Waals surface area contributed by atoms with Gasteiger partial charge in [-0.15, -0.1) is 0 Å². The molecule has 8 heteroatoms. The van der Waals surface area contributed by atoms with Crippen LogP contribution in [-0.4, -0.2) is 31.1 Å². The van der Waals surface area contributed by atoms with E-state index < -0.39 is 21.8 Å². The van der Waals surface area contributed by atoms with E-state index in [-0.39, 0.29) is 24.4 Å². The zero-order chi connectivity index (χ0) is 22.3. The van der Waals surface area contributed by atoms with Crippen molar-refractivity contribution in [2.45, 2.75) is 17.9 Å². The van der Waals surface area contributed by atoms with Crippen LogP contribution in [0.3, 0.4) is 0 Å². The molecule has 31 heavy (non-hydrogen) atoms. The SMILES string of the molecule is NC(=O)Cc1ccc(NC(=O)CN(Cc2ccccc2)S(=O)(=O)c2ccccc2)cc1. The Balaban J connectivity index is 1.78. The summed E-state index contributed by atoms with van der Waals surface area (Å²) in [5, 5.41) is 2.70. The number of benzene rings is 3. The largest absolute Gasteiger partial charge is 0.369 e. The van der Waals surface area contributed by atoms with Crippen molar-refractivity contribution < 1.29 is 18.0 Å². The molecule has 7 nitrogen and oxygen atoms in total. The number of sulfonamides is 1. The van der Waals surface area contributed by atoms with Crippen molar-refractivity contribution in [2.24, 2.45) is 5.73 Å². The monoisotopic (exact) mass is 437 g/mol. The topological polar surface area (TPSA) is 110 Å². The maximum Gasteiger partial charge on any atom is 0.243 e. The van der Waals surface area contributed by atoms with Gasteiger partial charge in [0.15, 0.2) is 0 Å². The Morgan fingerprint density at radius 2 is 1.39 bits per heavy atom. The van der Waals surface area contributed by atoms with E-state index in [1.165, 1.54) is 12.1 Å². The number of rotatable bonds is 9. The quantitative estimate of drug-likeness (QED) is 0.536. The molecule has 3 aromatic carbocycles. The standard InChI is InChI=1S/C23H23N3O4S/c24-22(27)15-18-11-13-20(14-12-18)25-23(28)17-26(16-19-7-3-1-4-8-19)31(29,30)21-9-5-2-6-10-21/h1-14H,15-17H2,(H2,24,27)(H,25,28). The molecular formula is C23H23N3O4S. The summed E-state index contributed by atoms with van der Waals surface area (Å²) in [7, 11) is -3.89. The summed E-state index contributed by atoms with van der Waals surface area (Å²) in [6, 6.07) is 23.8. The second-order valence-corrected chi connectivity index (χ2v) is 8.90. The van der Waals surface area contributed by atoms with E-state index in [1.54, 1.807) is 42.5 Å². The van der Waals surface area contributed by atoms with Crippen LogP contribution in [0.15, 0.2) is 89.8 Å². The van der Waals surface area contributed by atoms with Gasteiger partial charge in [-0.25, -0.2) is 8.42 Å². The summed E-state index contributed by atoms with van der Waals surface area (Å²) in [5.41, 5.74) is 7.17. The van der Waals surface area contributed by atoms with E-state index in [1.807, 2.05) is 30.3 Å². The molecule has 0 saturated carbocycles. The highest BCUT2D eigenvalue weighted by Crippen LogP contribution is 2.19. The van der Waals surface area contributed by atoms with Crippen molar-refractivity contribution in [3.05, 3.63) is 96.1 Å². The van der Waals surface area contributed by atoms with Gasteiger partial charge in [-0.1, -0.05) is 60.7 Å². The lowest BCUT2D eigenvalue weighted by Crippen LogP contribution is -2.37. The van der Waals surface area contributed by atoms with Gasteiger partial charge < -0.3 is 11.1 Å². The molecule has 3 aromatic rings. The van der Waals surface area contributed by atoms with Crippen LogP contribution >= 0.6 is 0 Å². The molecule has 2 amide bonds. The third kappa shape index (κ3) is 6.24. The summed E-state index contributed by atoms with van der Waals surface area (Å²) in [4.78, 5) is 23.8. The fraction of sp³-hybridized carbons (Fsp3) is 0.130. The van der Waals surface area contributed by atoms with Gasteiger partial charge >= 0.3 is 0 Å². The van der Waals surface area contributed by atoms with Crippen LogP contribution in [0, 0.1) is 0 Å². The minimum atomic E-state index is -3.89.